The van der Waals surface area contributed by atoms with Crippen LogP contribution in [0.3, 0.4) is 0 Å². The van der Waals surface area contributed by atoms with E-state index >= 15 is 0 Å². The van der Waals surface area contributed by atoms with Crippen LogP contribution in [-0.4, -0.2) is 18.5 Å². The zero-order valence-electron chi connectivity index (χ0n) is 13.1. The fourth-order valence-electron chi connectivity index (χ4n) is 2.97. The van der Waals surface area contributed by atoms with Crippen molar-refractivity contribution in [2.75, 3.05) is 6.54 Å². The first-order valence-electron chi connectivity index (χ1n) is 7.30. The third-order valence-corrected chi connectivity index (χ3v) is 5.36. The first-order valence-corrected chi connectivity index (χ1v) is 7.30. The van der Waals surface area contributed by atoms with Gasteiger partial charge >= 0.3 is 0 Å². The van der Waals surface area contributed by atoms with Crippen LogP contribution < -0.4 is 10.6 Å². The van der Waals surface area contributed by atoms with Gasteiger partial charge in [0, 0.05) is 0 Å². The largest absolute Gasteiger partial charge is 0.467 e. The Kier molecular flexibility index (Phi) is 3.96. The van der Waals surface area contributed by atoms with E-state index in [1.54, 1.807) is 6.26 Å². The van der Waals surface area contributed by atoms with E-state index in [1.165, 1.54) is 0 Å². The Hall–Kier alpha value is -1.29. The molecule has 1 unspecified atom stereocenters. The number of carbonyl (C=O) groups is 1. The number of nitrogens with one attached hydrogen (secondary N) is 2. The molecule has 0 saturated heterocycles. The van der Waals surface area contributed by atoms with Crippen LogP contribution in [-0.2, 0) is 11.3 Å². The van der Waals surface area contributed by atoms with Crippen molar-refractivity contribution >= 4 is 5.91 Å². The molecular weight excluding hydrogens is 252 g/mol. The number of hydrogen-bond donors (Lipinski definition) is 2. The second-order valence-corrected chi connectivity index (χ2v) is 6.92. The second-order valence-electron chi connectivity index (χ2n) is 6.92. The zero-order valence-corrected chi connectivity index (χ0v) is 13.1. The SMILES string of the molecule is CC(NCC1C(C)(C)C1(C)C)C(=O)NCc1ccco1. The maximum Gasteiger partial charge on any atom is 0.237 e. The molecule has 1 amide bonds. The molecule has 1 aromatic rings. The highest BCUT2D eigenvalue weighted by Crippen LogP contribution is 2.67. The average Bonchev–Trinajstić information content (AvgIpc) is 2.80. The minimum Gasteiger partial charge on any atom is -0.467 e. The Balaban J connectivity index is 1.72. The Labute approximate surface area is 121 Å². The molecule has 1 aliphatic rings. The van der Waals surface area contributed by atoms with Crippen LogP contribution in [0.15, 0.2) is 22.8 Å². The van der Waals surface area contributed by atoms with Gasteiger partial charge in [-0.15, -0.1) is 0 Å². The summed E-state index contributed by atoms with van der Waals surface area (Å²) >= 11 is 0. The standard InChI is InChI=1S/C16H26N2O2/c1-11(14(19)18-9-12-7-6-8-20-12)17-10-13-15(2,3)16(13,4)5/h6-8,11,13,17H,9-10H2,1-5H3,(H,18,19). The molecule has 2 rings (SSSR count). The monoisotopic (exact) mass is 278 g/mol. The van der Waals surface area contributed by atoms with E-state index in [1.807, 2.05) is 19.1 Å². The summed E-state index contributed by atoms with van der Waals surface area (Å²) in [5.41, 5.74) is 0.703. The van der Waals surface area contributed by atoms with Gasteiger partial charge in [0.1, 0.15) is 5.76 Å². The molecule has 1 fully saturated rings. The van der Waals surface area contributed by atoms with Gasteiger partial charge in [0.15, 0.2) is 0 Å². The van der Waals surface area contributed by atoms with Crippen molar-refractivity contribution in [3.05, 3.63) is 24.2 Å². The molecule has 0 aromatic carbocycles. The van der Waals surface area contributed by atoms with Crippen LogP contribution >= 0.6 is 0 Å². The maximum absolute atomic E-state index is 12.0. The van der Waals surface area contributed by atoms with Crippen molar-refractivity contribution in [1.82, 2.24) is 10.6 Å². The van der Waals surface area contributed by atoms with Crippen LogP contribution in [0.1, 0.15) is 40.4 Å². The number of amides is 1. The van der Waals surface area contributed by atoms with Gasteiger partial charge in [-0.2, -0.15) is 0 Å². The van der Waals surface area contributed by atoms with Crippen LogP contribution in [0.4, 0.5) is 0 Å². The van der Waals surface area contributed by atoms with Crippen molar-refractivity contribution in [3.8, 4) is 0 Å². The highest BCUT2D eigenvalue weighted by atomic mass is 16.3. The summed E-state index contributed by atoms with van der Waals surface area (Å²) < 4.78 is 5.19. The first kappa shape index (κ1) is 15.1. The Morgan fingerprint density at radius 2 is 2.00 bits per heavy atom. The molecule has 2 N–H and O–H groups in total. The molecule has 1 atom stereocenters. The summed E-state index contributed by atoms with van der Waals surface area (Å²) in [4.78, 5) is 12.0. The van der Waals surface area contributed by atoms with Crippen LogP contribution in [0.25, 0.3) is 0 Å². The lowest BCUT2D eigenvalue weighted by Gasteiger charge is -2.14. The predicted octanol–water partition coefficient (Wildman–Crippen LogP) is 2.56. The van der Waals surface area contributed by atoms with E-state index in [9.17, 15) is 4.79 Å². The van der Waals surface area contributed by atoms with E-state index in [0.717, 1.165) is 12.3 Å². The van der Waals surface area contributed by atoms with Crippen molar-refractivity contribution in [1.29, 1.82) is 0 Å². The van der Waals surface area contributed by atoms with Gasteiger partial charge in [-0.1, -0.05) is 27.7 Å². The van der Waals surface area contributed by atoms with Crippen LogP contribution in [0.2, 0.25) is 0 Å². The van der Waals surface area contributed by atoms with Crippen LogP contribution in [0.5, 0.6) is 0 Å². The lowest BCUT2D eigenvalue weighted by molar-refractivity contribution is -0.123. The smallest absolute Gasteiger partial charge is 0.237 e. The summed E-state index contributed by atoms with van der Waals surface area (Å²) in [6.45, 7) is 12.4. The highest BCUT2D eigenvalue weighted by molar-refractivity contribution is 5.81. The second kappa shape index (κ2) is 5.24. The predicted molar refractivity (Wildman–Crippen MR) is 79.1 cm³/mol. The zero-order chi connectivity index (χ0) is 15.0. The fraction of sp³-hybridized carbons (Fsp3) is 0.688. The number of rotatable bonds is 6. The first-order chi connectivity index (χ1) is 9.26. The molecule has 0 bridgehead atoms. The molecular formula is C16H26N2O2. The van der Waals surface area contributed by atoms with Crippen molar-refractivity contribution in [3.63, 3.8) is 0 Å². The van der Waals surface area contributed by atoms with Gasteiger partial charge < -0.3 is 15.1 Å². The summed E-state index contributed by atoms with van der Waals surface area (Å²) in [6.07, 6.45) is 1.61. The molecule has 4 nitrogen and oxygen atoms in total. The normalized spacial score (nSPS) is 21.4. The third kappa shape index (κ3) is 2.75. The Morgan fingerprint density at radius 1 is 1.35 bits per heavy atom. The highest BCUT2D eigenvalue weighted by Gasteiger charge is 2.63. The van der Waals surface area contributed by atoms with Gasteiger partial charge in [-0.25, -0.2) is 0 Å². The lowest BCUT2D eigenvalue weighted by atomic mass is 10.0. The van der Waals surface area contributed by atoms with Gasteiger partial charge in [-0.05, 0) is 42.3 Å². The van der Waals surface area contributed by atoms with Crippen molar-refractivity contribution in [2.45, 2.75) is 47.2 Å². The maximum atomic E-state index is 12.0. The molecule has 112 valence electrons. The molecule has 0 spiro atoms. The van der Waals surface area contributed by atoms with Gasteiger partial charge in [0.25, 0.3) is 0 Å². The topological polar surface area (TPSA) is 54.3 Å². The fourth-order valence-corrected chi connectivity index (χ4v) is 2.97. The molecule has 20 heavy (non-hydrogen) atoms. The molecule has 0 aliphatic heterocycles. The number of furan rings is 1. The van der Waals surface area contributed by atoms with Crippen molar-refractivity contribution < 1.29 is 9.21 Å². The van der Waals surface area contributed by atoms with Gasteiger partial charge in [0.2, 0.25) is 5.91 Å². The number of hydrogen-bond acceptors (Lipinski definition) is 3. The average molecular weight is 278 g/mol. The lowest BCUT2D eigenvalue weighted by Crippen LogP contribution is -2.43. The third-order valence-electron chi connectivity index (χ3n) is 5.36. The molecule has 0 radical (unpaired) electrons. The minimum absolute atomic E-state index is 0.0117. The van der Waals surface area contributed by atoms with E-state index in [2.05, 4.69) is 38.3 Å². The van der Waals surface area contributed by atoms with E-state index in [-0.39, 0.29) is 11.9 Å². The van der Waals surface area contributed by atoms with E-state index < -0.39 is 0 Å². The summed E-state index contributed by atoms with van der Waals surface area (Å²) in [6, 6.07) is 3.49. The summed E-state index contributed by atoms with van der Waals surface area (Å²) in [5.74, 6) is 1.41. The van der Waals surface area contributed by atoms with Crippen LogP contribution in [0, 0.1) is 16.7 Å². The molecule has 4 heteroatoms. The molecule has 1 saturated carbocycles. The van der Waals surface area contributed by atoms with Crippen molar-refractivity contribution in [2.24, 2.45) is 16.7 Å². The summed E-state index contributed by atoms with van der Waals surface area (Å²) in [7, 11) is 0. The molecule has 1 heterocycles. The minimum atomic E-state index is -0.183. The summed E-state index contributed by atoms with van der Waals surface area (Å²) in [5, 5.41) is 6.22. The quantitative estimate of drug-likeness (QED) is 0.841. The Bertz CT molecular complexity index is 449. The number of carbonyl (C=O) groups excluding carboxylic acids is 1. The van der Waals surface area contributed by atoms with E-state index in [4.69, 9.17) is 4.42 Å². The molecule has 1 aliphatic carbocycles. The molecule has 1 aromatic heterocycles. The van der Waals surface area contributed by atoms with E-state index in [0.29, 0.717) is 23.3 Å². The van der Waals surface area contributed by atoms with Gasteiger partial charge in [0.05, 0.1) is 18.8 Å². The Morgan fingerprint density at radius 3 is 2.50 bits per heavy atom. The van der Waals surface area contributed by atoms with Gasteiger partial charge in [-0.3, -0.25) is 4.79 Å².